The summed E-state index contributed by atoms with van der Waals surface area (Å²) in [6.07, 6.45) is 4.82. The van der Waals surface area contributed by atoms with Gasteiger partial charge in [0.1, 0.15) is 0 Å². The van der Waals surface area contributed by atoms with Crippen LogP contribution in [0.15, 0.2) is 48.5 Å². The van der Waals surface area contributed by atoms with Gasteiger partial charge in [0.05, 0.1) is 0 Å². The molecule has 0 radical (unpaired) electrons. The third-order valence-corrected chi connectivity index (χ3v) is 4.48. The van der Waals surface area contributed by atoms with Crippen LogP contribution < -0.4 is 10.6 Å². The fourth-order valence-electron chi connectivity index (χ4n) is 2.93. The lowest BCUT2D eigenvalue weighted by molar-refractivity contribution is 0.102. The van der Waals surface area contributed by atoms with Crippen LogP contribution >= 0.6 is 11.6 Å². The van der Waals surface area contributed by atoms with Gasteiger partial charge in [0, 0.05) is 22.3 Å². The lowest BCUT2D eigenvalue weighted by Gasteiger charge is -2.10. The summed E-state index contributed by atoms with van der Waals surface area (Å²) in [6, 6.07) is 15.7. The lowest BCUT2D eigenvalue weighted by Crippen LogP contribution is -2.21. The minimum atomic E-state index is -0.143. The Bertz CT molecular complexity index is 663. The number of nitrogens with one attached hydrogen (secondary N) is 2. The Hall–Kier alpha value is -1.84. The van der Waals surface area contributed by atoms with E-state index in [4.69, 9.17) is 11.6 Å². The molecule has 1 saturated heterocycles. The standard InChI is InChI=1S/C19H21ClN2O/c20-16-4-1-3-15(13-16)19(23)22-18-10-7-14(8-11-18)6-9-17-5-2-12-21-17/h1,3-4,7-8,10-11,13,17,21H,2,5-6,9,12H2,(H,22,23)/t17-/m0/s1. The van der Waals surface area contributed by atoms with Gasteiger partial charge in [-0.15, -0.1) is 0 Å². The number of amides is 1. The van der Waals surface area contributed by atoms with Gasteiger partial charge in [-0.05, 0) is 68.1 Å². The molecule has 1 heterocycles. The zero-order chi connectivity index (χ0) is 16.1. The van der Waals surface area contributed by atoms with Crippen LogP contribution in [0.2, 0.25) is 5.02 Å². The van der Waals surface area contributed by atoms with E-state index in [9.17, 15) is 4.79 Å². The molecule has 0 aliphatic carbocycles. The molecule has 4 heteroatoms. The Morgan fingerprint density at radius 2 is 2.04 bits per heavy atom. The van der Waals surface area contributed by atoms with Crippen molar-refractivity contribution in [1.82, 2.24) is 5.32 Å². The lowest BCUT2D eigenvalue weighted by atomic mass is 10.0. The molecular weight excluding hydrogens is 308 g/mol. The van der Waals surface area contributed by atoms with E-state index < -0.39 is 0 Å². The number of hydrogen-bond donors (Lipinski definition) is 2. The van der Waals surface area contributed by atoms with Crippen molar-refractivity contribution >= 4 is 23.2 Å². The molecule has 3 nitrogen and oxygen atoms in total. The highest BCUT2D eigenvalue weighted by Crippen LogP contribution is 2.17. The molecule has 0 saturated carbocycles. The Morgan fingerprint density at radius 1 is 1.22 bits per heavy atom. The average molecular weight is 329 g/mol. The van der Waals surface area contributed by atoms with Crippen LogP contribution in [0, 0.1) is 0 Å². The van der Waals surface area contributed by atoms with Crippen LogP contribution in [0.25, 0.3) is 0 Å². The van der Waals surface area contributed by atoms with Gasteiger partial charge in [-0.2, -0.15) is 0 Å². The second-order valence-corrected chi connectivity index (χ2v) is 6.43. The van der Waals surface area contributed by atoms with Gasteiger partial charge < -0.3 is 10.6 Å². The molecule has 1 fully saturated rings. The van der Waals surface area contributed by atoms with E-state index in [2.05, 4.69) is 22.8 Å². The minimum absolute atomic E-state index is 0.143. The molecule has 2 N–H and O–H groups in total. The summed E-state index contributed by atoms with van der Waals surface area (Å²) in [5, 5.41) is 6.98. The quantitative estimate of drug-likeness (QED) is 0.860. The van der Waals surface area contributed by atoms with Crippen molar-refractivity contribution in [3.63, 3.8) is 0 Å². The highest BCUT2D eigenvalue weighted by molar-refractivity contribution is 6.31. The second-order valence-electron chi connectivity index (χ2n) is 5.99. The van der Waals surface area contributed by atoms with Gasteiger partial charge in [0.2, 0.25) is 0 Å². The van der Waals surface area contributed by atoms with Crippen LogP contribution in [0.3, 0.4) is 0 Å². The fourth-order valence-corrected chi connectivity index (χ4v) is 3.12. The monoisotopic (exact) mass is 328 g/mol. The summed E-state index contributed by atoms with van der Waals surface area (Å²) in [7, 11) is 0. The smallest absolute Gasteiger partial charge is 0.255 e. The van der Waals surface area contributed by atoms with E-state index in [1.165, 1.54) is 24.8 Å². The molecule has 120 valence electrons. The van der Waals surface area contributed by atoms with Gasteiger partial charge in [-0.3, -0.25) is 4.79 Å². The largest absolute Gasteiger partial charge is 0.322 e. The van der Waals surface area contributed by atoms with Crippen molar-refractivity contribution in [2.45, 2.75) is 31.7 Å². The predicted octanol–water partition coefficient (Wildman–Crippen LogP) is 4.28. The summed E-state index contributed by atoms with van der Waals surface area (Å²) in [5.74, 6) is -0.143. The molecular formula is C19H21ClN2O. The van der Waals surface area contributed by atoms with Gasteiger partial charge in [-0.25, -0.2) is 0 Å². The van der Waals surface area contributed by atoms with E-state index in [1.807, 2.05) is 12.1 Å². The van der Waals surface area contributed by atoms with Crippen LogP contribution in [-0.4, -0.2) is 18.5 Å². The first-order valence-corrected chi connectivity index (χ1v) is 8.48. The van der Waals surface area contributed by atoms with Gasteiger partial charge in [0.25, 0.3) is 5.91 Å². The summed E-state index contributed by atoms with van der Waals surface area (Å²) in [5.41, 5.74) is 2.67. The van der Waals surface area contributed by atoms with Gasteiger partial charge >= 0.3 is 0 Å². The number of hydrogen-bond acceptors (Lipinski definition) is 2. The maximum atomic E-state index is 12.2. The SMILES string of the molecule is O=C(Nc1ccc(CC[C@@H]2CCCN2)cc1)c1cccc(Cl)c1. The number of carbonyl (C=O) groups excluding carboxylic acids is 1. The second kappa shape index (κ2) is 7.62. The first-order chi connectivity index (χ1) is 11.2. The number of halogens is 1. The molecule has 2 aromatic carbocycles. The van der Waals surface area contributed by atoms with Crippen molar-refractivity contribution in [2.24, 2.45) is 0 Å². The molecule has 1 aliphatic heterocycles. The summed E-state index contributed by atoms with van der Waals surface area (Å²) >= 11 is 5.92. The van der Waals surface area contributed by atoms with Crippen LogP contribution in [-0.2, 0) is 6.42 Å². The molecule has 0 aromatic heterocycles. The first kappa shape index (κ1) is 16.0. The Morgan fingerprint density at radius 3 is 2.74 bits per heavy atom. The molecule has 23 heavy (non-hydrogen) atoms. The molecule has 0 spiro atoms. The molecule has 1 aliphatic rings. The van der Waals surface area contributed by atoms with Crippen molar-refractivity contribution in [1.29, 1.82) is 0 Å². The maximum absolute atomic E-state index is 12.2. The van der Waals surface area contributed by atoms with E-state index in [1.54, 1.807) is 24.3 Å². The number of benzene rings is 2. The van der Waals surface area contributed by atoms with Crippen LogP contribution in [0.5, 0.6) is 0 Å². The Balaban J connectivity index is 1.55. The number of aryl methyl sites for hydroxylation is 1. The van der Waals surface area contributed by atoms with Crippen molar-refractivity contribution in [2.75, 3.05) is 11.9 Å². The Kier molecular flexibility index (Phi) is 5.31. The number of rotatable bonds is 5. The maximum Gasteiger partial charge on any atom is 0.255 e. The third kappa shape index (κ3) is 4.57. The molecule has 3 rings (SSSR count). The van der Waals surface area contributed by atoms with Crippen molar-refractivity contribution < 1.29 is 4.79 Å². The number of anilines is 1. The summed E-state index contributed by atoms with van der Waals surface area (Å²) in [4.78, 5) is 12.2. The third-order valence-electron chi connectivity index (χ3n) is 4.24. The number of carbonyl (C=O) groups is 1. The first-order valence-electron chi connectivity index (χ1n) is 8.10. The topological polar surface area (TPSA) is 41.1 Å². The van der Waals surface area contributed by atoms with E-state index in [-0.39, 0.29) is 5.91 Å². The normalized spacial score (nSPS) is 17.2. The minimum Gasteiger partial charge on any atom is -0.322 e. The van der Waals surface area contributed by atoms with Crippen molar-refractivity contribution in [3.8, 4) is 0 Å². The average Bonchev–Trinajstić information content (AvgIpc) is 3.08. The highest BCUT2D eigenvalue weighted by atomic mass is 35.5. The van der Waals surface area contributed by atoms with Crippen molar-refractivity contribution in [3.05, 3.63) is 64.7 Å². The van der Waals surface area contributed by atoms with Gasteiger partial charge in [0.15, 0.2) is 0 Å². The summed E-state index contributed by atoms with van der Waals surface area (Å²) in [6.45, 7) is 1.15. The molecule has 1 amide bonds. The zero-order valence-electron chi connectivity index (χ0n) is 13.0. The van der Waals surface area contributed by atoms with Gasteiger partial charge in [-0.1, -0.05) is 29.8 Å². The van der Waals surface area contributed by atoms with Crippen LogP contribution in [0.1, 0.15) is 35.2 Å². The summed E-state index contributed by atoms with van der Waals surface area (Å²) < 4.78 is 0. The Labute approximate surface area is 142 Å². The van der Waals surface area contributed by atoms with E-state index in [0.29, 0.717) is 16.6 Å². The highest BCUT2D eigenvalue weighted by Gasteiger charge is 2.13. The molecule has 0 bridgehead atoms. The predicted molar refractivity (Wildman–Crippen MR) is 95.2 cm³/mol. The van der Waals surface area contributed by atoms with E-state index in [0.717, 1.165) is 18.7 Å². The molecule has 2 aromatic rings. The molecule has 1 atom stereocenters. The van der Waals surface area contributed by atoms with E-state index >= 15 is 0 Å². The zero-order valence-corrected chi connectivity index (χ0v) is 13.8. The van der Waals surface area contributed by atoms with Crippen LogP contribution in [0.4, 0.5) is 5.69 Å². The fraction of sp³-hybridized carbons (Fsp3) is 0.316. The molecule has 0 unspecified atom stereocenters.